The third-order valence-electron chi connectivity index (χ3n) is 4.43. The third-order valence-corrected chi connectivity index (χ3v) is 5.95. The maximum absolute atomic E-state index is 12.5. The molecule has 0 bridgehead atoms. The molecule has 0 unspecified atom stereocenters. The van der Waals surface area contributed by atoms with Crippen LogP contribution in [0.3, 0.4) is 0 Å². The number of carbonyl (C=O) groups excluding carboxylic acids is 1. The van der Waals surface area contributed by atoms with Crippen molar-refractivity contribution in [3.05, 3.63) is 29.8 Å². The van der Waals surface area contributed by atoms with Gasteiger partial charge >= 0.3 is 0 Å². The SMILES string of the molecule is CCC(CC)(CN)NC(=O)c1cccc(S(=O)(=O)NC2CC2)c1.Cl. The van der Waals surface area contributed by atoms with Gasteiger partial charge in [0, 0.05) is 18.2 Å². The lowest BCUT2D eigenvalue weighted by atomic mass is 9.92. The predicted molar refractivity (Wildman–Crippen MR) is 96.9 cm³/mol. The monoisotopic (exact) mass is 375 g/mol. The number of benzene rings is 1. The number of rotatable bonds is 8. The van der Waals surface area contributed by atoms with Gasteiger partial charge in [0.2, 0.25) is 10.0 Å². The van der Waals surface area contributed by atoms with E-state index in [1.54, 1.807) is 12.1 Å². The number of nitrogens with two attached hydrogens (primary N) is 1. The Labute approximate surface area is 150 Å². The molecule has 1 fully saturated rings. The smallest absolute Gasteiger partial charge is 0.251 e. The van der Waals surface area contributed by atoms with Crippen LogP contribution in [0.15, 0.2) is 29.2 Å². The Morgan fingerprint density at radius 3 is 2.42 bits per heavy atom. The van der Waals surface area contributed by atoms with E-state index in [0.29, 0.717) is 24.9 Å². The van der Waals surface area contributed by atoms with E-state index in [-0.39, 0.29) is 29.3 Å². The molecular formula is C16H26ClN3O3S. The van der Waals surface area contributed by atoms with Crippen molar-refractivity contribution in [3.63, 3.8) is 0 Å². The van der Waals surface area contributed by atoms with E-state index in [9.17, 15) is 13.2 Å². The van der Waals surface area contributed by atoms with Gasteiger partial charge in [-0.05, 0) is 43.9 Å². The molecule has 1 saturated carbocycles. The van der Waals surface area contributed by atoms with Gasteiger partial charge in [-0.3, -0.25) is 4.79 Å². The molecule has 4 N–H and O–H groups in total. The quantitative estimate of drug-likeness (QED) is 0.644. The molecule has 24 heavy (non-hydrogen) atoms. The summed E-state index contributed by atoms with van der Waals surface area (Å²) in [6.45, 7) is 4.28. The van der Waals surface area contributed by atoms with Crippen LogP contribution in [0.2, 0.25) is 0 Å². The molecule has 0 atom stereocenters. The molecule has 0 heterocycles. The summed E-state index contributed by atoms with van der Waals surface area (Å²) in [6, 6.07) is 6.13. The van der Waals surface area contributed by atoms with E-state index in [4.69, 9.17) is 5.73 Å². The highest BCUT2D eigenvalue weighted by atomic mass is 35.5. The molecule has 0 saturated heterocycles. The first-order valence-electron chi connectivity index (χ1n) is 8.01. The summed E-state index contributed by atoms with van der Waals surface area (Å²) in [4.78, 5) is 12.6. The molecule has 1 aliphatic rings. The van der Waals surface area contributed by atoms with Crippen molar-refractivity contribution in [2.24, 2.45) is 5.73 Å². The second kappa shape index (κ2) is 8.29. The lowest BCUT2D eigenvalue weighted by molar-refractivity contribution is 0.0895. The van der Waals surface area contributed by atoms with Gasteiger partial charge in [0.25, 0.3) is 5.91 Å². The Morgan fingerprint density at radius 1 is 1.29 bits per heavy atom. The van der Waals surface area contributed by atoms with Crippen molar-refractivity contribution in [3.8, 4) is 0 Å². The first-order valence-corrected chi connectivity index (χ1v) is 9.49. The number of sulfonamides is 1. The van der Waals surface area contributed by atoms with E-state index in [1.165, 1.54) is 12.1 Å². The molecule has 0 aliphatic heterocycles. The maximum Gasteiger partial charge on any atom is 0.251 e. The number of hydrogen-bond donors (Lipinski definition) is 3. The van der Waals surface area contributed by atoms with Gasteiger partial charge in [-0.15, -0.1) is 12.4 Å². The highest BCUT2D eigenvalue weighted by molar-refractivity contribution is 7.89. The fraction of sp³-hybridized carbons (Fsp3) is 0.562. The molecule has 136 valence electrons. The maximum atomic E-state index is 12.5. The van der Waals surface area contributed by atoms with Gasteiger partial charge in [0.15, 0.2) is 0 Å². The highest BCUT2D eigenvalue weighted by Crippen LogP contribution is 2.22. The van der Waals surface area contributed by atoms with Crippen LogP contribution < -0.4 is 15.8 Å². The van der Waals surface area contributed by atoms with Crippen molar-refractivity contribution in [1.82, 2.24) is 10.0 Å². The molecule has 0 spiro atoms. The standard InChI is InChI=1S/C16H25N3O3S.ClH/c1-3-16(4-2,11-17)18-15(20)12-6-5-7-14(10-12)23(21,22)19-13-8-9-13;/h5-7,10,13,19H,3-4,8-9,11,17H2,1-2H3,(H,18,20);1H. The van der Waals surface area contributed by atoms with Crippen LogP contribution in [0, 0.1) is 0 Å². The predicted octanol–water partition coefficient (Wildman–Crippen LogP) is 1.80. The summed E-state index contributed by atoms with van der Waals surface area (Å²) in [6.07, 6.45) is 3.16. The Hall–Kier alpha value is -1.15. The van der Waals surface area contributed by atoms with Gasteiger partial charge < -0.3 is 11.1 Å². The molecule has 1 aromatic rings. The van der Waals surface area contributed by atoms with Crippen molar-refractivity contribution < 1.29 is 13.2 Å². The fourth-order valence-electron chi connectivity index (χ4n) is 2.37. The van der Waals surface area contributed by atoms with Gasteiger partial charge in [-0.25, -0.2) is 13.1 Å². The second-order valence-corrected chi connectivity index (χ2v) is 7.78. The van der Waals surface area contributed by atoms with Gasteiger partial charge in [0.05, 0.1) is 10.4 Å². The van der Waals surface area contributed by atoms with Crippen LogP contribution in [0.1, 0.15) is 49.9 Å². The topological polar surface area (TPSA) is 101 Å². The summed E-state index contributed by atoms with van der Waals surface area (Å²) in [7, 11) is -3.57. The summed E-state index contributed by atoms with van der Waals surface area (Å²) >= 11 is 0. The van der Waals surface area contributed by atoms with E-state index in [0.717, 1.165) is 12.8 Å². The van der Waals surface area contributed by atoms with Gasteiger partial charge in [-0.1, -0.05) is 19.9 Å². The second-order valence-electron chi connectivity index (χ2n) is 6.07. The molecule has 8 heteroatoms. The third kappa shape index (κ3) is 4.92. The number of amides is 1. The van der Waals surface area contributed by atoms with Crippen LogP contribution >= 0.6 is 12.4 Å². The van der Waals surface area contributed by atoms with Crippen LogP contribution in [0.4, 0.5) is 0 Å². The average molecular weight is 376 g/mol. The number of halogens is 1. The van der Waals surface area contributed by atoms with E-state index >= 15 is 0 Å². The molecule has 1 aliphatic carbocycles. The molecule has 1 aromatic carbocycles. The average Bonchev–Trinajstić information content (AvgIpc) is 3.36. The first kappa shape index (κ1) is 20.9. The molecule has 6 nitrogen and oxygen atoms in total. The summed E-state index contributed by atoms with van der Waals surface area (Å²) in [5.74, 6) is -0.303. The largest absolute Gasteiger partial charge is 0.345 e. The molecule has 0 aromatic heterocycles. The zero-order chi connectivity index (χ0) is 17.1. The van der Waals surface area contributed by atoms with Gasteiger partial charge in [0.1, 0.15) is 0 Å². The summed E-state index contributed by atoms with van der Waals surface area (Å²) < 4.78 is 27.1. The van der Waals surface area contributed by atoms with E-state index < -0.39 is 15.6 Å². The van der Waals surface area contributed by atoms with Crippen molar-refractivity contribution in [1.29, 1.82) is 0 Å². The number of carbonyl (C=O) groups is 1. The van der Waals surface area contributed by atoms with Gasteiger partial charge in [-0.2, -0.15) is 0 Å². The van der Waals surface area contributed by atoms with Crippen LogP contribution in [0.5, 0.6) is 0 Å². The minimum Gasteiger partial charge on any atom is -0.345 e. The van der Waals surface area contributed by atoms with E-state index in [1.807, 2.05) is 13.8 Å². The lowest BCUT2D eigenvalue weighted by Gasteiger charge is -2.31. The van der Waals surface area contributed by atoms with Crippen LogP contribution in [-0.2, 0) is 10.0 Å². The van der Waals surface area contributed by atoms with Crippen LogP contribution in [0.25, 0.3) is 0 Å². The zero-order valence-corrected chi connectivity index (χ0v) is 15.7. The minimum absolute atomic E-state index is 0. The lowest BCUT2D eigenvalue weighted by Crippen LogP contribution is -2.52. The Kier molecular flexibility index (Phi) is 7.22. The van der Waals surface area contributed by atoms with Crippen molar-refractivity contribution in [2.75, 3.05) is 6.54 Å². The molecular weight excluding hydrogens is 350 g/mol. The molecule has 1 amide bonds. The molecule has 0 radical (unpaired) electrons. The summed E-state index contributed by atoms with van der Waals surface area (Å²) in [5.41, 5.74) is 5.66. The fourth-order valence-corrected chi connectivity index (χ4v) is 3.72. The zero-order valence-electron chi connectivity index (χ0n) is 14.0. The Bertz CT molecular complexity index is 663. The number of hydrogen-bond acceptors (Lipinski definition) is 4. The molecule has 2 rings (SSSR count). The first-order chi connectivity index (χ1) is 10.9. The Balaban J connectivity index is 0.00000288. The van der Waals surface area contributed by atoms with E-state index in [2.05, 4.69) is 10.0 Å². The van der Waals surface area contributed by atoms with Crippen molar-refractivity contribution >= 4 is 28.3 Å². The Morgan fingerprint density at radius 2 is 1.92 bits per heavy atom. The highest BCUT2D eigenvalue weighted by Gasteiger charge is 2.29. The number of nitrogens with one attached hydrogen (secondary N) is 2. The summed E-state index contributed by atoms with van der Waals surface area (Å²) in [5, 5.41) is 2.95. The normalized spacial score (nSPS) is 14.8. The van der Waals surface area contributed by atoms with Crippen LogP contribution in [-0.4, -0.2) is 32.5 Å². The van der Waals surface area contributed by atoms with Crippen molar-refractivity contribution in [2.45, 2.75) is 56.0 Å². The minimum atomic E-state index is -3.57.